The van der Waals surface area contributed by atoms with Crippen LogP contribution in [0.2, 0.25) is 0 Å². The van der Waals surface area contributed by atoms with Crippen LogP contribution in [-0.4, -0.2) is 58.2 Å². The van der Waals surface area contributed by atoms with Gasteiger partial charge in [0.1, 0.15) is 5.75 Å². The van der Waals surface area contributed by atoms with Crippen molar-refractivity contribution in [3.05, 3.63) is 29.3 Å². The molecule has 0 amide bonds. The Morgan fingerprint density at radius 2 is 1.96 bits per heavy atom. The van der Waals surface area contributed by atoms with Gasteiger partial charge in [-0.15, -0.1) is 24.0 Å². The molecule has 0 aliphatic rings. The van der Waals surface area contributed by atoms with Gasteiger partial charge in [-0.3, -0.25) is 4.99 Å². The van der Waals surface area contributed by atoms with Crippen LogP contribution >= 0.6 is 24.0 Å². The Hall–Kier alpha value is -1.02. The number of aliphatic imine (C=N–C) groups is 1. The lowest BCUT2D eigenvalue weighted by Gasteiger charge is -2.16. The van der Waals surface area contributed by atoms with Gasteiger partial charge in [-0.25, -0.2) is 0 Å². The summed E-state index contributed by atoms with van der Waals surface area (Å²) in [4.78, 5) is 6.50. The molecule has 1 aromatic carbocycles. The predicted molar refractivity (Wildman–Crippen MR) is 109 cm³/mol. The Morgan fingerprint density at radius 3 is 2.57 bits per heavy atom. The molecule has 0 aliphatic carbocycles. The molecule has 0 aromatic heterocycles. The maximum absolute atomic E-state index is 5.36. The highest BCUT2D eigenvalue weighted by atomic mass is 127. The molecule has 2 N–H and O–H groups in total. The van der Waals surface area contributed by atoms with Crippen molar-refractivity contribution < 1.29 is 4.74 Å². The molecule has 0 fully saturated rings. The van der Waals surface area contributed by atoms with Gasteiger partial charge >= 0.3 is 0 Å². The molecule has 0 saturated heterocycles. The van der Waals surface area contributed by atoms with Crippen molar-refractivity contribution in [2.45, 2.75) is 20.3 Å². The minimum atomic E-state index is 0. The van der Waals surface area contributed by atoms with Gasteiger partial charge in [0.2, 0.25) is 0 Å². The average molecular weight is 434 g/mol. The van der Waals surface area contributed by atoms with Gasteiger partial charge in [0.25, 0.3) is 0 Å². The zero-order valence-corrected chi connectivity index (χ0v) is 17.3. The topological polar surface area (TPSA) is 48.9 Å². The van der Waals surface area contributed by atoms with E-state index in [1.807, 2.05) is 0 Å². The van der Waals surface area contributed by atoms with E-state index in [9.17, 15) is 0 Å². The fraction of sp³-hybridized carbons (Fsp3) is 0.588. The normalized spacial score (nSPS) is 11.1. The minimum absolute atomic E-state index is 0. The largest absolute Gasteiger partial charge is 0.496 e. The van der Waals surface area contributed by atoms with Crippen molar-refractivity contribution in [2.24, 2.45) is 4.99 Å². The maximum atomic E-state index is 5.36. The van der Waals surface area contributed by atoms with Crippen LogP contribution in [0.15, 0.2) is 23.2 Å². The third-order valence-corrected chi connectivity index (χ3v) is 3.73. The van der Waals surface area contributed by atoms with Crippen LogP contribution in [0.25, 0.3) is 0 Å². The number of hydrogen-bond donors (Lipinski definition) is 2. The molecule has 6 heteroatoms. The molecule has 1 rings (SSSR count). The van der Waals surface area contributed by atoms with Gasteiger partial charge in [0.05, 0.1) is 7.11 Å². The molecular weight excluding hydrogens is 403 g/mol. The Balaban J connectivity index is 0.00000484. The monoisotopic (exact) mass is 434 g/mol. The summed E-state index contributed by atoms with van der Waals surface area (Å²) in [5, 5.41) is 6.67. The van der Waals surface area contributed by atoms with Gasteiger partial charge in [-0.1, -0.05) is 19.1 Å². The smallest absolute Gasteiger partial charge is 0.191 e. The van der Waals surface area contributed by atoms with Crippen molar-refractivity contribution in [1.29, 1.82) is 0 Å². The highest BCUT2D eigenvalue weighted by Gasteiger charge is 2.02. The van der Waals surface area contributed by atoms with E-state index in [2.05, 4.69) is 59.6 Å². The number of rotatable bonds is 8. The third-order valence-electron chi connectivity index (χ3n) is 3.73. The Morgan fingerprint density at radius 1 is 1.26 bits per heavy atom. The van der Waals surface area contributed by atoms with Crippen LogP contribution in [-0.2, 0) is 6.42 Å². The van der Waals surface area contributed by atoms with E-state index in [1.165, 1.54) is 5.56 Å². The summed E-state index contributed by atoms with van der Waals surface area (Å²) >= 11 is 0. The first-order chi connectivity index (χ1) is 10.6. The molecule has 1 aromatic rings. The van der Waals surface area contributed by atoms with Crippen molar-refractivity contribution in [3.8, 4) is 5.75 Å². The molecule has 0 radical (unpaired) electrons. The molecule has 0 bridgehead atoms. The summed E-state index contributed by atoms with van der Waals surface area (Å²) in [7, 11) is 5.62. The van der Waals surface area contributed by atoms with E-state index >= 15 is 0 Å². The van der Waals surface area contributed by atoms with Gasteiger partial charge in [0, 0.05) is 26.7 Å². The quantitative estimate of drug-likeness (QED) is 0.375. The Kier molecular flexibility index (Phi) is 11.9. The van der Waals surface area contributed by atoms with Crippen LogP contribution in [0.3, 0.4) is 0 Å². The SMILES string of the molecule is CCN(C)CCNC(=NC)NCCc1ccc(C)c(OC)c1.I. The fourth-order valence-corrected chi connectivity index (χ4v) is 2.09. The maximum Gasteiger partial charge on any atom is 0.191 e. The number of halogens is 1. The summed E-state index contributed by atoms with van der Waals surface area (Å²) in [6.45, 7) is 8.01. The summed E-state index contributed by atoms with van der Waals surface area (Å²) < 4.78 is 5.36. The first kappa shape index (κ1) is 22.0. The van der Waals surface area contributed by atoms with Crippen molar-refractivity contribution in [1.82, 2.24) is 15.5 Å². The highest BCUT2D eigenvalue weighted by Crippen LogP contribution is 2.18. The second kappa shape index (κ2) is 12.4. The number of nitrogens with one attached hydrogen (secondary N) is 2. The first-order valence-electron chi connectivity index (χ1n) is 7.87. The van der Waals surface area contributed by atoms with E-state index in [4.69, 9.17) is 4.74 Å². The van der Waals surface area contributed by atoms with Crippen LogP contribution in [0, 0.1) is 6.92 Å². The summed E-state index contributed by atoms with van der Waals surface area (Å²) in [6.07, 6.45) is 0.937. The molecule has 23 heavy (non-hydrogen) atoms. The lowest BCUT2D eigenvalue weighted by molar-refractivity contribution is 0.357. The van der Waals surface area contributed by atoms with Crippen LogP contribution in [0.1, 0.15) is 18.1 Å². The third kappa shape index (κ3) is 8.41. The van der Waals surface area contributed by atoms with Gasteiger partial charge in [-0.05, 0) is 44.1 Å². The highest BCUT2D eigenvalue weighted by molar-refractivity contribution is 14.0. The molecular formula is C17H31IN4O. The summed E-state index contributed by atoms with van der Waals surface area (Å²) in [5.74, 6) is 1.80. The van der Waals surface area contributed by atoms with E-state index in [0.29, 0.717) is 0 Å². The number of ether oxygens (including phenoxy) is 1. The predicted octanol–water partition coefficient (Wildman–Crippen LogP) is 2.28. The van der Waals surface area contributed by atoms with E-state index in [0.717, 1.165) is 49.9 Å². The van der Waals surface area contributed by atoms with Gasteiger partial charge < -0.3 is 20.3 Å². The molecule has 0 atom stereocenters. The van der Waals surface area contributed by atoms with E-state index < -0.39 is 0 Å². The minimum Gasteiger partial charge on any atom is -0.496 e. The van der Waals surface area contributed by atoms with Crippen LogP contribution in [0.5, 0.6) is 5.75 Å². The average Bonchev–Trinajstić information content (AvgIpc) is 2.54. The van der Waals surface area contributed by atoms with Crippen molar-refractivity contribution in [2.75, 3.05) is 47.4 Å². The van der Waals surface area contributed by atoms with Crippen molar-refractivity contribution >= 4 is 29.9 Å². The van der Waals surface area contributed by atoms with Crippen LogP contribution in [0.4, 0.5) is 0 Å². The molecule has 0 saturated carbocycles. The number of aryl methyl sites for hydroxylation is 1. The molecule has 132 valence electrons. The number of benzene rings is 1. The Bertz CT molecular complexity index is 480. The number of methoxy groups -OCH3 is 1. The van der Waals surface area contributed by atoms with Gasteiger partial charge in [-0.2, -0.15) is 0 Å². The second-order valence-corrected chi connectivity index (χ2v) is 5.38. The zero-order chi connectivity index (χ0) is 16.4. The number of hydrogen-bond acceptors (Lipinski definition) is 3. The van der Waals surface area contributed by atoms with E-state index in [1.54, 1.807) is 14.2 Å². The molecule has 0 aliphatic heterocycles. The zero-order valence-electron chi connectivity index (χ0n) is 15.0. The van der Waals surface area contributed by atoms with Crippen LogP contribution < -0.4 is 15.4 Å². The lowest BCUT2D eigenvalue weighted by atomic mass is 10.1. The summed E-state index contributed by atoms with van der Waals surface area (Å²) in [5.41, 5.74) is 2.42. The van der Waals surface area contributed by atoms with Gasteiger partial charge in [0.15, 0.2) is 5.96 Å². The molecule has 0 spiro atoms. The number of likely N-dealkylation sites (N-methyl/N-ethyl adjacent to an activating group) is 1. The molecule has 0 heterocycles. The fourth-order valence-electron chi connectivity index (χ4n) is 2.09. The lowest BCUT2D eigenvalue weighted by Crippen LogP contribution is -2.41. The second-order valence-electron chi connectivity index (χ2n) is 5.38. The van der Waals surface area contributed by atoms with E-state index in [-0.39, 0.29) is 24.0 Å². The summed E-state index contributed by atoms with van der Waals surface area (Å²) in [6, 6.07) is 6.34. The number of guanidine groups is 1. The first-order valence-corrected chi connectivity index (χ1v) is 7.87. The molecule has 0 unspecified atom stereocenters. The Labute approximate surface area is 157 Å². The van der Waals surface area contributed by atoms with Crippen molar-refractivity contribution in [3.63, 3.8) is 0 Å². The molecule has 5 nitrogen and oxygen atoms in total. The number of nitrogens with zero attached hydrogens (tertiary/aromatic N) is 2. The standard InChI is InChI=1S/C17H30N4O.HI/c1-6-21(4)12-11-20-17(18-3)19-10-9-15-8-7-14(2)16(13-15)22-5;/h7-8,13H,6,9-12H2,1-5H3,(H2,18,19,20);1H.